The average molecular weight is 278 g/mol. The van der Waals surface area contributed by atoms with Crippen LogP contribution in [0.1, 0.15) is 38.5 Å². The highest BCUT2D eigenvalue weighted by Gasteiger charge is 2.52. The predicted octanol–water partition coefficient (Wildman–Crippen LogP) is 3.29. The number of nitrogens with zero attached hydrogens (tertiary/aromatic N) is 1. The Hall–Kier alpha value is -0.640. The Balaban J connectivity index is 1.52. The van der Waals surface area contributed by atoms with Crippen molar-refractivity contribution in [3.8, 4) is 0 Å². The highest BCUT2D eigenvalue weighted by Crippen LogP contribution is 2.62. The molecule has 0 spiro atoms. The molecule has 0 aromatic rings. The molecule has 19 heavy (non-hydrogen) atoms. The van der Waals surface area contributed by atoms with E-state index in [-0.39, 0.29) is 5.41 Å². The third-order valence-electron chi connectivity index (χ3n) is 5.51. The zero-order valence-corrected chi connectivity index (χ0v) is 12.1. The summed E-state index contributed by atoms with van der Waals surface area (Å²) in [6, 6.07) is 0. The van der Waals surface area contributed by atoms with Crippen molar-refractivity contribution in [2.75, 3.05) is 13.1 Å². The molecule has 4 bridgehead atoms. The largest absolute Gasteiger partial charge is 0.511 e. The number of thioether (sulfide) groups is 1. The molecular formula is C15H22N2OS. The summed E-state index contributed by atoms with van der Waals surface area (Å²) in [5.74, 6) is 3.30. The van der Waals surface area contributed by atoms with Crippen LogP contribution in [0.25, 0.3) is 0 Å². The normalized spacial score (nSPS) is 44.3. The SMILES string of the molecule is O/C(=C\SC1=NCCN1)C12CC3CC(CC(C3)C1)C2. The van der Waals surface area contributed by atoms with E-state index in [2.05, 4.69) is 10.3 Å². The molecule has 3 nitrogen and oxygen atoms in total. The summed E-state index contributed by atoms with van der Waals surface area (Å²) < 4.78 is 0. The van der Waals surface area contributed by atoms with E-state index in [0.717, 1.165) is 36.0 Å². The standard InChI is InChI=1S/C15H22N2OS/c18-13(9-19-14-16-1-2-17-14)15-6-10-3-11(7-15)5-12(4-10)8-15/h9-12,18H,1-8H2,(H,16,17)/b13-9-. The van der Waals surface area contributed by atoms with Crippen LogP contribution in [0.4, 0.5) is 0 Å². The summed E-state index contributed by atoms with van der Waals surface area (Å²) in [6.45, 7) is 1.81. The van der Waals surface area contributed by atoms with Gasteiger partial charge >= 0.3 is 0 Å². The molecule has 0 amide bonds. The summed E-state index contributed by atoms with van der Waals surface area (Å²) >= 11 is 1.57. The lowest BCUT2D eigenvalue weighted by Crippen LogP contribution is -2.46. The van der Waals surface area contributed by atoms with E-state index in [1.165, 1.54) is 38.5 Å². The third-order valence-corrected chi connectivity index (χ3v) is 6.35. The second kappa shape index (κ2) is 4.44. The summed E-state index contributed by atoms with van der Waals surface area (Å²) in [7, 11) is 0. The molecule has 0 aromatic carbocycles. The van der Waals surface area contributed by atoms with Gasteiger partial charge in [0.25, 0.3) is 0 Å². The van der Waals surface area contributed by atoms with Crippen molar-refractivity contribution in [1.82, 2.24) is 5.32 Å². The highest BCUT2D eigenvalue weighted by molar-refractivity contribution is 8.16. The van der Waals surface area contributed by atoms with Crippen LogP contribution in [-0.4, -0.2) is 23.4 Å². The monoisotopic (exact) mass is 278 g/mol. The van der Waals surface area contributed by atoms with Gasteiger partial charge in [0.1, 0.15) is 5.76 Å². The fourth-order valence-electron chi connectivity index (χ4n) is 5.12. The van der Waals surface area contributed by atoms with Crippen LogP contribution in [-0.2, 0) is 0 Å². The van der Waals surface area contributed by atoms with E-state index in [1.807, 2.05) is 5.41 Å². The fourth-order valence-corrected chi connectivity index (χ4v) is 5.94. The topological polar surface area (TPSA) is 44.6 Å². The summed E-state index contributed by atoms with van der Waals surface area (Å²) in [5.41, 5.74) is 0.126. The van der Waals surface area contributed by atoms with Crippen molar-refractivity contribution < 1.29 is 5.11 Å². The Morgan fingerprint density at radius 2 is 1.84 bits per heavy atom. The van der Waals surface area contributed by atoms with Crippen molar-refractivity contribution >= 4 is 16.9 Å². The highest BCUT2D eigenvalue weighted by atomic mass is 32.2. The van der Waals surface area contributed by atoms with E-state index in [0.29, 0.717) is 5.76 Å². The van der Waals surface area contributed by atoms with Crippen LogP contribution in [0.15, 0.2) is 16.2 Å². The fraction of sp³-hybridized carbons (Fsp3) is 0.800. The van der Waals surface area contributed by atoms with Crippen molar-refractivity contribution in [3.63, 3.8) is 0 Å². The average Bonchev–Trinajstić information content (AvgIpc) is 2.87. The number of aliphatic hydroxyl groups is 1. The first-order valence-corrected chi connectivity index (χ1v) is 8.46. The molecule has 0 atom stereocenters. The zero-order valence-electron chi connectivity index (χ0n) is 11.3. The smallest absolute Gasteiger partial charge is 0.161 e. The first-order chi connectivity index (χ1) is 9.23. The first-order valence-electron chi connectivity index (χ1n) is 7.58. The molecule has 4 saturated carbocycles. The number of hydrogen-bond donors (Lipinski definition) is 2. The molecule has 0 saturated heterocycles. The zero-order chi connectivity index (χ0) is 12.9. The number of nitrogens with one attached hydrogen (secondary N) is 1. The Labute approximate surface area is 118 Å². The molecule has 5 rings (SSSR count). The van der Waals surface area contributed by atoms with Gasteiger partial charge in [-0.3, -0.25) is 4.99 Å². The maximum Gasteiger partial charge on any atom is 0.161 e. The maximum absolute atomic E-state index is 10.6. The lowest BCUT2D eigenvalue weighted by atomic mass is 9.49. The number of aliphatic imine (C=N–C) groups is 1. The van der Waals surface area contributed by atoms with Gasteiger partial charge in [-0.2, -0.15) is 0 Å². The molecule has 4 fully saturated rings. The van der Waals surface area contributed by atoms with E-state index >= 15 is 0 Å². The second-order valence-electron chi connectivity index (χ2n) is 6.93. The van der Waals surface area contributed by atoms with Crippen molar-refractivity contribution in [3.05, 3.63) is 11.2 Å². The quantitative estimate of drug-likeness (QED) is 0.762. The molecule has 0 radical (unpaired) electrons. The molecule has 0 aromatic heterocycles. The van der Waals surface area contributed by atoms with Crippen LogP contribution in [0.2, 0.25) is 0 Å². The molecule has 1 heterocycles. The van der Waals surface area contributed by atoms with Crippen LogP contribution in [0.5, 0.6) is 0 Å². The third kappa shape index (κ3) is 2.08. The first kappa shape index (κ1) is 12.1. The lowest BCUT2D eigenvalue weighted by Gasteiger charge is -2.56. The van der Waals surface area contributed by atoms with E-state index in [1.54, 1.807) is 11.8 Å². The van der Waals surface area contributed by atoms with Gasteiger partial charge in [0.05, 0.1) is 6.54 Å². The number of aliphatic hydroxyl groups excluding tert-OH is 1. The molecular weight excluding hydrogens is 256 g/mol. The molecule has 0 unspecified atom stereocenters. The van der Waals surface area contributed by atoms with Gasteiger partial charge < -0.3 is 10.4 Å². The Morgan fingerprint density at radius 1 is 1.21 bits per heavy atom. The van der Waals surface area contributed by atoms with Gasteiger partial charge in [-0.15, -0.1) is 0 Å². The van der Waals surface area contributed by atoms with E-state index in [9.17, 15) is 5.11 Å². The van der Waals surface area contributed by atoms with Gasteiger partial charge in [0.2, 0.25) is 0 Å². The molecule has 4 heteroatoms. The number of hydrogen-bond acceptors (Lipinski definition) is 4. The number of allylic oxidation sites excluding steroid dienone is 1. The van der Waals surface area contributed by atoms with Crippen molar-refractivity contribution in [2.24, 2.45) is 28.2 Å². The molecule has 4 aliphatic carbocycles. The van der Waals surface area contributed by atoms with Crippen LogP contribution in [0.3, 0.4) is 0 Å². The minimum absolute atomic E-state index is 0.126. The minimum atomic E-state index is 0.126. The lowest BCUT2D eigenvalue weighted by molar-refractivity contribution is -0.0502. The van der Waals surface area contributed by atoms with Crippen molar-refractivity contribution in [2.45, 2.75) is 38.5 Å². The van der Waals surface area contributed by atoms with Crippen molar-refractivity contribution in [1.29, 1.82) is 0 Å². The Morgan fingerprint density at radius 3 is 2.37 bits per heavy atom. The Kier molecular flexibility index (Phi) is 2.83. The summed E-state index contributed by atoms with van der Waals surface area (Å²) in [4.78, 5) is 4.37. The maximum atomic E-state index is 10.6. The van der Waals surface area contributed by atoms with Gasteiger partial charge in [-0.25, -0.2) is 0 Å². The van der Waals surface area contributed by atoms with E-state index < -0.39 is 0 Å². The van der Waals surface area contributed by atoms with Crippen LogP contribution in [0, 0.1) is 23.2 Å². The van der Waals surface area contributed by atoms with Gasteiger partial charge in [0, 0.05) is 17.4 Å². The Bertz CT molecular complexity index is 408. The minimum Gasteiger partial charge on any atom is -0.511 e. The van der Waals surface area contributed by atoms with Gasteiger partial charge in [-0.05, 0) is 56.3 Å². The van der Waals surface area contributed by atoms with Gasteiger partial charge in [-0.1, -0.05) is 11.8 Å². The summed E-state index contributed by atoms with van der Waals surface area (Å²) in [6.07, 6.45) is 7.95. The van der Waals surface area contributed by atoms with Gasteiger partial charge in [0.15, 0.2) is 5.17 Å². The second-order valence-corrected chi connectivity index (χ2v) is 7.79. The molecule has 5 aliphatic rings. The van der Waals surface area contributed by atoms with Crippen LogP contribution >= 0.6 is 11.8 Å². The number of amidine groups is 1. The predicted molar refractivity (Wildman–Crippen MR) is 79.2 cm³/mol. The molecule has 2 N–H and O–H groups in total. The number of rotatable bonds is 2. The summed E-state index contributed by atoms with van der Waals surface area (Å²) in [5, 5.41) is 16.8. The van der Waals surface area contributed by atoms with Crippen LogP contribution < -0.4 is 5.32 Å². The molecule has 104 valence electrons. The van der Waals surface area contributed by atoms with E-state index in [4.69, 9.17) is 0 Å². The molecule has 1 aliphatic heterocycles.